The molecule has 6 nitrogen and oxygen atoms in total. The molecule has 0 atom stereocenters. The quantitative estimate of drug-likeness (QED) is 0.849. The van der Waals surface area contributed by atoms with Crippen molar-refractivity contribution >= 4 is 39.8 Å². The number of anilines is 2. The zero-order valence-electron chi connectivity index (χ0n) is 11.5. The van der Waals surface area contributed by atoms with E-state index in [-0.39, 0.29) is 11.6 Å². The third-order valence-electron chi connectivity index (χ3n) is 2.63. The summed E-state index contributed by atoms with van der Waals surface area (Å²) < 4.78 is 0. The Labute approximate surface area is 125 Å². The average molecular weight is 303 g/mol. The van der Waals surface area contributed by atoms with Crippen molar-refractivity contribution < 1.29 is 14.4 Å². The molecule has 0 spiro atoms. The van der Waals surface area contributed by atoms with Gasteiger partial charge in [0.25, 0.3) is 0 Å². The van der Waals surface area contributed by atoms with E-state index >= 15 is 0 Å². The third kappa shape index (κ3) is 3.96. The van der Waals surface area contributed by atoms with Gasteiger partial charge in [-0.3, -0.25) is 14.9 Å². The smallest absolute Gasteiger partial charge is 0.308 e. The van der Waals surface area contributed by atoms with Gasteiger partial charge in [-0.15, -0.1) is 11.3 Å². The van der Waals surface area contributed by atoms with Crippen LogP contribution in [0, 0.1) is 0 Å². The molecule has 108 valence electrons. The van der Waals surface area contributed by atoms with Crippen LogP contribution in [0.4, 0.5) is 15.6 Å². The number of aromatic nitrogens is 1. The highest BCUT2D eigenvalue weighted by atomic mass is 32.1. The minimum absolute atomic E-state index is 0.0365. The number of Topliss-reactive ketones (excluding diaryl/α,β-unsaturated/α-hetero) is 2. The average Bonchev–Trinajstić information content (AvgIpc) is 2.87. The van der Waals surface area contributed by atoms with Gasteiger partial charge in [-0.25, -0.2) is 9.78 Å². The fourth-order valence-electron chi connectivity index (χ4n) is 1.54. The van der Waals surface area contributed by atoms with E-state index in [4.69, 9.17) is 0 Å². The fourth-order valence-corrected chi connectivity index (χ4v) is 2.29. The summed E-state index contributed by atoms with van der Waals surface area (Å²) in [5.74, 6) is -0.190. The predicted molar refractivity (Wildman–Crippen MR) is 81.2 cm³/mol. The first-order chi connectivity index (χ1) is 9.95. The summed E-state index contributed by atoms with van der Waals surface area (Å²) in [6, 6.07) is 6.08. The standard InChI is InChI=1S/C14H13N3O3S/c1-8(18)10-3-5-11(6-4-10)15-13(20)17-14-16-12(7-21-14)9(2)19/h3-7H,1-2H3,(H2,15,16,17,20). The molecule has 0 bridgehead atoms. The van der Waals surface area contributed by atoms with Gasteiger partial charge in [0.15, 0.2) is 16.7 Å². The molecule has 0 aliphatic heterocycles. The monoisotopic (exact) mass is 303 g/mol. The molecular weight excluding hydrogens is 290 g/mol. The highest BCUT2D eigenvalue weighted by molar-refractivity contribution is 7.14. The van der Waals surface area contributed by atoms with Gasteiger partial charge >= 0.3 is 6.03 Å². The number of nitrogens with one attached hydrogen (secondary N) is 2. The summed E-state index contributed by atoms with van der Waals surface area (Å²) in [7, 11) is 0. The van der Waals surface area contributed by atoms with Crippen LogP contribution in [0.2, 0.25) is 0 Å². The Balaban J connectivity index is 1.97. The number of thiazole rings is 1. The molecule has 0 unspecified atom stereocenters. The minimum atomic E-state index is -0.463. The number of nitrogens with zero attached hydrogens (tertiary/aromatic N) is 1. The van der Waals surface area contributed by atoms with Crippen molar-refractivity contribution in [2.75, 3.05) is 10.6 Å². The van der Waals surface area contributed by atoms with E-state index in [1.807, 2.05) is 0 Å². The van der Waals surface area contributed by atoms with Crippen LogP contribution in [-0.4, -0.2) is 22.6 Å². The Kier molecular flexibility index (Phi) is 4.44. The molecular formula is C14H13N3O3S. The summed E-state index contributed by atoms with van der Waals surface area (Å²) in [4.78, 5) is 38.0. The molecule has 0 radical (unpaired) electrons. The molecule has 2 rings (SSSR count). The lowest BCUT2D eigenvalue weighted by molar-refractivity contribution is 0.100. The van der Waals surface area contributed by atoms with Crippen LogP contribution < -0.4 is 10.6 Å². The van der Waals surface area contributed by atoms with Gasteiger partial charge in [0.05, 0.1) is 0 Å². The molecule has 2 aromatic rings. The number of urea groups is 1. The first-order valence-electron chi connectivity index (χ1n) is 6.11. The molecule has 0 fully saturated rings. The molecule has 1 heterocycles. The Morgan fingerprint density at radius 2 is 1.67 bits per heavy atom. The summed E-state index contributed by atoms with van der Waals surface area (Å²) >= 11 is 1.17. The van der Waals surface area contributed by atoms with E-state index in [2.05, 4.69) is 15.6 Å². The molecule has 7 heteroatoms. The minimum Gasteiger partial charge on any atom is -0.308 e. The van der Waals surface area contributed by atoms with E-state index in [9.17, 15) is 14.4 Å². The number of hydrogen-bond acceptors (Lipinski definition) is 5. The van der Waals surface area contributed by atoms with Gasteiger partial charge in [0.2, 0.25) is 0 Å². The van der Waals surface area contributed by atoms with Crippen molar-refractivity contribution in [1.82, 2.24) is 4.98 Å². The van der Waals surface area contributed by atoms with Gasteiger partial charge in [-0.2, -0.15) is 0 Å². The van der Waals surface area contributed by atoms with Gasteiger partial charge in [-0.1, -0.05) is 0 Å². The highest BCUT2D eigenvalue weighted by Gasteiger charge is 2.09. The van der Waals surface area contributed by atoms with E-state index in [0.717, 1.165) is 0 Å². The number of carbonyl (C=O) groups excluding carboxylic acids is 3. The lowest BCUT2D eigenvalue weighted by atomic mass is 10.1. The van der Waals surface area contributed by atoms with Crippen LogP contribution >= 0.6 is 11.3 Å². The molecule has 0 saturated carbocycles. The normalized spacial score (nSPS) is 10.0. The first-order valence-corrected chi connectivity index (χ1v) is 6.99. The Morgan fingerprint density at radius 3 is 2.19 bits per heavy atom. The summed E-state index contributed by atoms with van der Waals surface area (Å²) in [6.07, 6.45) is 0. The molecule has 0 aliphatic carbocycles. The van der Waals surface area contributed by atoms with E-state index < -0.39 is 6.03 Å². The van der Waals surface area contributed by atoms with Crippen LogP contribution in [0.15, 0.2) is 29.6 Å². The van der Waals surface area contributed by atoms with Crippen molar-refractivity contribution in [2.24, 2.45) is 0 Å². The Hall–Kier alpha value is -2.54. The highest BCUT2D eigenvalue weighted by Crippen LogP contribution is 2.16. The second-order valence-electron chi connectivity index (χ2n) is 4.31. The number of ketones is 2. The number of hydrogen-bond donors (Lipinski definition) is 2. The predicted octanol–water partition coefficient (Wildman–Crippen LogP) is 3.19. The van der Waals surface area contributed by atoms with Gasteiger partial charge < -0.3 is 5.32 Å². The van der Waals surface area contributed by atoms with E-state index in [1.165, 1.54) is 25.2 Å². The molecule has 1 aromatic heterocycles. The topological polar surface area (TPSA) is 88.2 Å². The number of benzene rings is 1. The lowest BCUT2D eigenvalue weighted by Gasteiger charge is -2.05. The van der Waals surface area contributed by atoms with Crippen molar-refractivity contribution in [1.29, 1.82) is 0 Å². The van der Waals surface area contributed by atoms with E-state index in [1.54, 1.807) is 29.6 Å². The maximum Gasteiger partial charge on any atom is 0.325 e. The largest absolute Gasteiger partial charge is 0.325 e. The molecule has 2 N–H and O–H groups in total. The maximum atomic E-state index is 11.8. The SMILES string of the molecule is CC(=O)c1ccc(NC(=O)Nc2nc(C(C)=O)cs2)cc1. The van der Waals surface area contributed by atoms with Gasteiger partial charge in [0, 0.05) is 23.6 Å². The second-order valence-corrected chi connectivity index (χ2v) is 5.16. The van der Waals surface area contributed by atoms with Crippen molar-refractivity contribution in [3.05, 3.63) is 40.9 Å². The van der Waals surface area contributed by atoms with E-state index in [0.29, 0.717) is 22.1 Å². The summed E-state index contributed by atoms with van der Waals surface area (Å²) in [5, 5.41) is 7.09. The first kappa shape index (κ1) is 14.9. The lowest BCUT2D eigenvalue weighted by Crippen LogP contribution is -2.19. The molecule has 0 saturated heterocycles. The maximum absolute atomic E-state index is 11.8. The summed E-state index contributed by atoms with van der Waals surface area (Å²) in [6.45, 7) is 2.89. The Morgan fingerprint density at radius 1 is 1.00 bits per heavy atom. The van der Waals surface area contributed by atoms with Crippen LogP contribution in [-0.2, 0) is 0 Å². The molecule has 21 heavy (non-hydrogen) atoms. The molecule has 2 amide bonds. The van der Waals surface area contributed by atoms with Gasteiger partial charge in [0.1, 0.15) is 5.69 Å². The van der Waals surface area contributed by atoms with Crippen molar-refractivity contribution in [3.63, 3.8) is 0 Å². The number of rotatable bonds is 4. The van der Waals surface area contributed by atoms with Crippen LogP contribution in [0.25, 0.3) is 0 Å². The van der Waals surface area contributed by atoms with Crippen LogP contribution in [0.1, 0.15) is 34.7 Å². The number of carbonyl (C=O) groups is 3. The van der Waals surface area contributed by atoms with Crippen molar-refractivity contribution in [2.45, 2.75) is 13.8 Å². The van der Waals surface area contributed by atoms with Crippen molar-refractivity contribution in [3.8, 4) is 0 Å². The fraction of sp³-hybridized carbons (Fsp3) is 0.143. The second kappa shape index (κ2) is 6.27. The zero-order chi connectivity index (χ0) is 15.4. The van der Waals surface area contributed by atoms with Crippen LogP contribution in [0.3, 0.4) is 0 Å². The zero-order valence-corrected chi connectivity index (χ0v) is 12.3. The Bertz CT molecular complexity index is 692. The number of amides is 2. The third-order valence-corrected chi connectivity index (χ3v) is 3.39. The molecule has 0 aliphatic rings. The summed E-state index contributed by atoms with van der Waals surface area (Å²) in [5.41, 5.74) is 1.45. The van der Waals surface area contributed by atoms with Crippen LogP contribution in [0.5, 0.6) is 0 Å². The van der Waals surface area contributed by atoms with Gasteiger partial charge in [-0.05, 0) is 31.2 Å². The molecule has 1 aromatic carbocycles.